The Hall–Kier alpha value is -1.91. The maximum atomic E-state index is 9.99. The summed E-state index contributed by atoms with van der Waals surface area (Å²) >= 11 is 0. The Kier molecular flexibility index (Phi) is 4.41. The maximum absolute atomic E-state index is 9.99. The minimum atomic E-state index is 0.276. The lowest BCUT2D eigenvalue weighted by Gasteiger charge is -2.17. The zero-order valence-corrected chi connectivity index (χ0v) is 12.9. The molecule has 22 heavy (non-hydrogen) atoms. The number of pyridine rings is 1. The lowest BCUT2D eigenvalue weighted by molar-refractivity contribution is 0.306. The van der Waals surface area contributed by atoms with Gasteiger partial charge in [-0.1, -0.05) is 30.3 Å². The van der Waals surface area contributed by atoms with Crippen molar-refractivity contribution in [3.63, 3.8) is 0 Å². The molecule has 0 aliphatic carbocycles. The van der Waals surface area contributed by atoms with E-state index >= 15 is 0 Å². The molecule has 4 heteroatoms. The highest BCUT2D eigenvalue weighted by atomic mass is 16.3. The average Bonchev–Trinajstić information content (AvgIpc) is 2.95. The Morgan fingerprint density at radius 2 is 1.95 bits per heavy atom. The van der Waals surface area contributed by atoms with Crippen molar-refractivity contribution in [2.24, 2.45) is 11.7 Å². The fourth-order valence-corrected chi connectivity index (χ4v) is 3.34. The summed E-state index contributed by atoms with van der Waals surface area (Å²) in [6.07, 6.45) is 0. The van der Waals surface area contributed by atoms with E-state index in [1.807, 2.05) is 19.1 Å². The van der Waals surface area contributed by atoms with Crippen molar-refractivity contribution in [3.05, 3.63) is 59.4 Å². The fraction of sp³-hybridized carbons (Fsp3) is 0.389. The van der Waals surface area contributed by atoms with Crippen molar-refractivity contribution in [1.82, 2.24) is 9.88 Å². The van der Waals surface area contributed by atoms with E-state index in [2.05, 4.69) is 34.1 Å². The lowest BCUT2D eigenvalue weighted by atomic mass is 9.89. The molecular weight excluding hydrogens is 274 g/mol. The lowest BCUT2D eigenvalue weighted by Crippen LogP contribution is -2.23. The molecule has 0 bridgehead atoms. The number of nitrogens with two attached hydrogens (primary N) is 1. The Balaban J connectivity index is 1.76. The summed E-state index contributed by atoms with van der Waals surface area (Å²) < 4.78 is 0. The van der Waals surface area contributed by atoms with Gasteiger partial charge in [-0.25, -0.2) is 0 Å². The summed E-state index contributed by atoms with van der Waals surface area (Å²) in [6, 6.07) is 14.1. The minimum Gasteiger partial charge on any atom is -0.506 e. The molecule has 1 aliphatic heterocycles. The van der Waals surface area contributed by atoms with Gasteiger partial charge in [0.2, 0.25) is 0 Å². The molecule has 2 aromatic rings. The van der Waals surface area contributed by atoms with Crippen LogP contribution in [0.1, 0.15) is 22.9 Å². The fourth-order valence-electron chi connectivity index (χ4n) is 3.34. The van der Waals surface area contributed by atoms with Crippen LogP contribution in [0.15, 0.2) is 42.5 Å². The van der Waals surface area contributed by atoms with Crippen molar-refractivity contribution in [2.45, 2.75) is 19.4 Å². The van der Waals surface area contributed by atoms with Gasteiger partial charge in [0, 0.05) is 31.2 Å². The van der Waals surface area contributed by atoms with E-state index < -0.39 is 0 Å². The molecule has 0 radical (unpaired) electrons. The molecule has 1 aliphatic rings. The highest BCUT2D eigenvalue weighted by Gasteiger charge is 2.33. The maximum Gasteiger partial charge on any atom is 0.138 e. The average molecular weight is 297 g/mol. The van der Waals surface area contributed by atoms with E-state index in [1.54, 1.807) is 6.07 Å². The van der Waals surface area contributed by atoms with E-state index in [0.717, 1.165) is 24.5 Å². The molecule has 3 rings (SSSR count). The van der Waals surface area contributed by atoms with Gasteiger partial charge < -0.3 is 10.8 Å². The Bertz CT molecular complexity index is 629. The van der Waals surface area contributed by atoms with Crippen LogP contribution in [0.3, 0.4) is 0 Å². The molecule has 0 unspecified atom stereocenters. The van der Waals surface area contributed by atoms with E-state index in [4.69, 9.17) is 5.73 Å². The second-order valence-electron chi connectivity index (χ2n) is 6.13. The molecule has 1 aromatic carbocycles. The predicted octanol–water partition coefficient (Wildman–Crippen LogP) is 2.27. The second kappa shape index (κ2) is 6.46. The SMILES string of the molecule is Cc1ccc(O)c(CN2C[C@@H](CN)[C@H](c3ccccc3)C2)n1. The first-order chi connectivity index (χ1) is 10.7. The third-order valence-electron chi connectivity index (χ3n) is 4.51. The van der Waals surface area contributed by atoms with E-state index in [0.29, 0.717) is 24.9 Å². The van der Waals surface area contributed by atoms with Crippen LogP contribution in [0.4, 0.5) is 0 Å². The van der Waals surface area contributed by atoms with Crippen LogP contribution < -0.4 is 5.73 Å². The number of benzene rings is 1. The van der Waals surface area contributed by atoms with Crippen molar-refractivity contribution >= 4 is 0 Å². The van der Waals surface area contributed by atoms with Gasteiger partial charge in [0.25, 0.3) is 0 Å². The van der Waals surface area contributed by atoms with Gasteiger partial charge in [0.1, 0.15) is 5.75 Å². The highest BCUT2D eigenvalue weighted by Crippen LogP contribution is 2.33. The number of nitrogens with zero attached hydrogens (tertiary/aromatic N) is 2. The number of hydrogen-bond donors (Lipinski definition) is 2. The topological polar surface area (TPSA) is 62.4 Å². The summed E-state index contributed by atoms with van der Waals surface area (Å²) in [7, 11) is 0. The molecular formula is C18H23N3O. The van der Waals surface area contributed by atoms with Gasteiger partial charge in [-0.15, -0.1) is 0 Å². The number of aromatic hydroxyl groups is 1. The first-order valence-corrected chi connectivity index (χ1v) is 7.80. The third kappa shape index (κ3) is 3.13. The molecule has 1 aromatic heterocycles. The number of rotatable bonds is 4. The van der Waals surface area contributed by atoms with Gasteiger partial charge in [-0.05, 0) is 37.1 Å². The third-order valence-corrected chi connectivity index (χ3v) is 4.51. The van der Waals surface area contributed by atoms with E-state index in [-0.39, 0.29) is 5.75 Å². The standard InChI is InChI=1S/C18H23N3O/c1-13-7-8-18(22)17(20-13)12-21-10-15(9-19)16(11-21)14-5-3-2-4-6-14/h2-8,15-16,22H,9-12,19H2,1H3/t15-,16+/m1/s1. The monoisotopic (exact) mass is 297 g/mol. The summed E-state index contributed by atoms with van der Waals surface area (Å²) in [5, 5.41) is 9.99. The first kappa shape index (κ1) is 15.0. The summed E-state index contributed by atoms with van der Waals surface area (Å²) in [6.45, 7) is 5.21. The Labute approximate surface area is 131 Å². The molecule has 0 amide bonds. The van der Waals surface area contributed by atoms with Gasteiger partial charge >= 0.3 is 0 Å². The van der Waals surface area contributed by atoms with Gasteiger partial charge in [-0.2, -0.15) is 0 Å². The molecule has 116 valence electrons. The molecule has 0 spiro atoms. The van der Waals surface area contributed by atoms with E-state index in [1.165, 1.54) is 5.56 Å². The zero-order valence-electron chi connectivity index (χ0n) is 12.9. The summed E-state index contributed by atoms with van der Waals surface area (Å²) in [5.74, 6) is 1.19. The minimum absolute atomic E-state index is 0.276. The zero-order chi connectivity index (χ0) is 15.5. The Morgan fingerprint density at radius 1 is 1.18 bits per heavy atom. The molecule has 4 nitrogen and oxygen atoms in total. The largest absolute Gasteiger partial charge is 0.506 e. The quantitative estimate of drug-likeness (QED) is 0.909. The number of aromatic nitrogens is 1. The number of hydrogen-bond acceptors (Lipinski definition) is 4. The molecule has 1 fully saturated rings. The van der Waals surface area contributed by atoms with Crippen molar-refractivity contribution < 1.29 is 5.11 Å². The molecule has 1 saturated heterocycles. The molecule has 2 atom stereocenters. The molecule has 0 saturated carbocycles. The molecule has 3 N–H and O–H groups in total. The van der Waals surface area contributed by atoms with Crippen LogP contribution in [0.5, 0.6) is 5.75 Å². The van der Waals surface area contributed by atoms with E-state index in [9.17, 15) is 5.11 Å². The van der Waals surface area contributed by atoms with Crippen molar-refractivity contribution in [2.75, 3.05) is 19.6 Å². The van der Waals surface area contributed by atoms with Crippen LogP contribution in [0, 0.1) is 12.8 Å². The normalized spacial score (nSPS) is 22.1. The van der Waals surface area contributed by atoms with Gasteiger partial charge in [0.05, 0.1) is 5.69 Å². The smallest absolute Gasteiger partial charge is 0.138 e. The van der Waals surface area contributed by atoms with Gasteiger partial charge in [0.15, 0.2) is 0 Å². The van der Waals surface area contributed by atoms with Crippen molar-refractivity contribution in [1.29, 1.82) is 0 Å². The number of likely N-dealkylation sites (tertiary alicyclic amines) is 1. The van der Waals surface area contributed by atoms with Crippen molar-refractivity contribution in [3.8, 4) is 5.75 Å². The summed E-state index contributed by atoms with van der Waals surface area (Å²) in [4.78, 5) is 6.81. The van der Waals surface area contributed by atoms with Gasteiger partial charge in [-0.3, -0.25) is 9.88 Å². The Morgan fingerprint density at radius 3 is 2.68 bits per heavy atom. The van der Waals surface area contributed by atoms with Crippen LogP contribution in [-0.2, 0) is 6.54 Å². The first-order valence-electron chi connectivity index (χ1n) is 7.80. The molecule has 2 heterocycles. The predicted molar refractivity (Wildman–Crippen MR) is 87.6 cm³/mol. The highest BCUT2D eigenvalue weighted by molar-refractivity contribution is 5.28. The number of aryl methyl sites for hydroxylation is 1. The van der Waals surface area contributed by atoms with Crippen LogP contribution in [0.25, 0.3) is 0 Å². The van der Waals surface area contributed by atoms with Crippen LogP contribution in [-0.4, -0.2) is 34.6 Å². The summed E-state index contributed by atoms with van der Waals surface area (Å²) in [5.41, 5.74) is 9.01. The van der Waals surface area contributed by atoms with Crippen LogP contribution >= 0.6 is 0 Å². The second-order valence-corrected chi connectivity index (χ2v) is 6.13. The van der Waals surface area contributed by atoms with Crippen LogP contribution in [0.2, 0.25) is 0 Å².